The van der Waals surface area contributed by atoms with Gasteiger partial charge in [-0.15, -0.1) is 24.0 Å². The number of rotatable bonds is 6. The Kier molecular flexibility index (Phi) is 10.5. The summed E-state index contributed by atoms with van der Waals surface area (Å²) < 4.78 is 0. The Morgan fingerprint density at radius 3 is 2.40 bits per heavy atom. The Bertz CT molecular complexity index is 537. The summed E-state index contributed by atoms with van der Waals surface area (Å²) >= 11 is 0. The van der Waals surface area contributed by atoms with Crippen molar-refractivity contribution < 1.29 is 4.79 Å². The van der Waals surface area contributed by atoms with Crippen LogP contribution in [0.3, 0.4) is 0 Å². The minimum Gasteiger partial charge on any atom is -0.370 e. The molecule has 2 rings (SSSR count). The monoisotopic (exact) mass is 458 g/mol. The molecular weight excluding hydrogens is 427 g/mol. The zero-order valence-electron chi connectivity index (χ0n) is 15.1. The maximum atomic E-state index is 11.6. The van der Waals surface area contributed by atoms with Crippen molar-refractivity contribution in [3.63, 3.8) is 0 Å². The molecule has 5 nitrogen and oxygen atoms in total. The minimum atomic E-state index is 0. The predicted molar refractivity (Wildman–Crippen MR) is 115 cm³/mol. The van der Waals surface area contributed by atoms with Gasteiger partial charge in [0, 0.05) is 18.2 Å². The van der Waals surface area contributed by atoms with Crippen molar-refractivity contribution in [1.82, 2.24) is 5.32 Å². The van der Waals surface area contributed by atoms with Crippen LogP contribution in [0.25, 0.3) is 0 Å². The molecule has 25 heavy (non-hydrogen) atoms. The summed E-state index contributed by atoms with van der Waals surface area (Å²) in [6.07, 6.45) is 8.98. The van der Waals surface area contributed by atoms with Crippen molar-refractivity contribution in [2.24, 2.45) is 10.7 Å². The smallest absolute Gasteiger partial charge is 0.224 e. The highest BCUT2D eigenvalue weighted by atomic mass is 127. The van der Waals surface area contributed by atoms with Gasteiger partial charge in [-0.1, -0.05) is 44.7 Å². The lowest BCUT2D eigenvalue weighted by atomic mass is 10.1. The first-order valence-corrected chi connectivity index (χ1v) is 9.12. The van der Waals surface area contributed by atoms with Crippen LogP contribution in [0.1, 0.15) is 63.9 Å². The number of hydrogen-bond donors (Lipinski definition) is 3. The van der Waals surface area contributed by atoms with Crippen LogP contribution in [-0.2, 0) is 11.3 Å². The van der Waals surface area contributed by atoms with Crippen LogP contribution in [-0.4, -0.2) is 17.9 Å². The lowest BCUT2D eigenvalue weighted by Crippen LogP contribution is -2.39. The van der Waals surface area contributed by atoms with Gasteiger partial charge in [0.2, 0.25) is 5.91 Å². The molecule has 1 saturated carbocycles. The zero-order chi connectivity index (χ0) is 17.2. The van der Waals surface area contributed by atoms with Crippen LogP contribution in [0.2, 0.25) is 0 Å². The van der Waals surface area contributed by atoms with Gasteiger partial charge in [-0.05, 0) is 37.0 Å². The molecule has 1 aromatic carbocycles. The Hall–Kier alpha value is -1.31. The number of nitrogens with one attached hydrogen (secondary N) is 2. The fourth-order valence-corrected chi connectivity index (χ4v) is 3.00. The molecule has 0 aromatic heterocycles. The number of anilines is 1. The summed E-state index contributed by atoms with van der Waals surface area (Å²) in [7, 11) is 0. The third kappa shape index (κ3) is 8.56. The molecule has 4 N–H and O–H groups in total. The zero-order valence-corrected chi connectivity index (χ0v) is 17.4. The molecule has 140 valence electrons. The highest BCUT2D eigenvalue weighted by molar-refractivity contribution is 14.0. The number of carbonyl (C=O) groups excluding carboxylic acids is 1. The molecule has 1 amide bonds. The van der Waals surface area contributed by atoms with Gasteiger partial charge < -0.3 is 16.4 Å². The molecule has 0 saturated heterocycles. The van der Waals surface area contributed by atoms with Gasteiger partial charge in [-0.3, -0.25) is 4.79 Å². The number of carbonyl (C=O) groups is 1. The van der Waals surface area contributed by atoms with E-state index >= 15 is 0 Å². The number of amides is 1. The second kappa shape index (κ2) is 12.1. The van der Waals surface area contributed by atoms with E-state index in [0.29, 0.717) is 25.0 Å². The van der Waals surface area contributed by atoms with E-state index in [2.05, 4.69) is 15.6 Å². The summed E-state index contributed by atoms with van der Waals surface area (Å²) in [5.74, 6) is 0.586. The molecule has 0 spiro atoms. The molecule has 0 bridgehead atoms. The van der Waals surface area contributed by atoms with Crippen molar-refractivity contribution in [1.29, 1.82) is 0 Å². The van der Waals surface area contributed by atoms with Gasteiger partial charge in [0.15, 0.2) is 5.96 Å². The second-order valence-electron chi connectivity index (χ2n) is 6.53. The summed E-state index contributed by atoms with van der Waals surface area (Å²) in [6.45, 7) is 2.54. The molecule has 0 atom stereocenters. The lowest BCUT2D eigenvalue weighted by Gasteiger charge is -2.16. The van der Waals surface area contributed by atoms with Crippen molar-refractivity contribution >= 4 is 41.5 Å². The molecular formula is C19H31IN4O. The van der Waals surface area contributed by atoms with E-state index in [1.165, 1.54) is 38.5 Å². The van der Waals surface area contributed by atoms with Crippen molar-refractivity contribution in [3.8, 4) is 0 Å². The van der Waals surface area contributed by atoms with Crippen LogP contribution < -0.4 is 16.4 Å². The molecule has 0 unspecified atom stereocenters. The molecule has 1 aromatic rings. The number of guanidine groups is 1. The number of aliphatic imine (C=N–C) groups is 1. The predicted octanol–water partition coefficient (Wildman–Crippen LogP) is 4.17. The fraction of sp³-hybridized carbons (Fsp3) is 0.579. The largest absolute Gasteiger partial charge is 0.370 e. The molecule has 1 fully saturated rings. The molecule has 6 heteroatoms. The summed E-state index contributed by atoms with van der Waals surface area (Å²) in [5, 5.41) is 6.23. The third-order valence-corrected chi connectivity index (χ3v) is 4.35. The highest BCUT2D eigenvalue weighted by Gasteiger charge is 2.12. The normalized spacial score (nSPS) is 15.8. The lowest BCUT2D eigenvalue weighted by molar-refractivity contribution is -0.116. The standard InChI is InChI=1S/C19H30N4O.HI/c1-2-7-18(24)22-17-12-10-15(11-13-17)14-21-19(20)23-16-8-5-3-4-6-9-16;/h10-13,16H,2-9,14H2,1H3,(H,22,24)(H3,20,21,23);1H. The minimum absolute atomic E-state index is 0. The summed E-state index contributed by atoms with van der Waals surface area (Å²) in [6, 6.07) is 8.24. The Labute approximate surface area is 168 Å². The van der Waals surface area contributed by atoms with Crippen LogP contribution >= 0.6 is 24.0 Å². The number of nitrogens with zero attached hydrogens (tertiary/aromatic N) is 1. The van der Waals surface area contributed by atoms with E-state index in [4.69, 9.17) is 5.73 Å². The first-order chi connectivity index (χ1) is 11.7. The van der Waals surface area contributed by atoms with Gasteiger partial charge in [0.25, 0.3) is 0 Å². The molecule has 0 aliphatic heterocycles. The van der Waals surface area contributed by atoms with E-state index in [1.807, 2.05) is 31.2 Å². The molecule has 1 aliphatic carbocycles. The average molecular weight is 458 g/mol. The third-order valence-electron chi connectivity index (χ3n) is 4.35. The number of benzene rings is 1. The Balaban J connectivity index is 0.00000312. The molecule has 1 aliphatic rings. The first-order valence-electron chi connectivity index (χ1n) is 9.12. The maximum absolute atomic E-state index is 11.6. The van der Waals surface area contributed by atoms with Gasteiger partial charge in [0.1, 0.15) is 0 Å². The van der Waals surface area contributed by atoms with Crippen LogP contribution in [0.4, 0.5) is 5.69 Å². The van der Waals surface area contributed by atoms with E-state index < -0.39 is 0 Å². The molecule has 0 radical (unpaired) electrons. The second-order valence-corrected chi connectivity index (χ2v) is 6.53. The number of hydrogen-bond acceptors (Lipinski definition) is 2. The van der Waals surface area contributed by atoms with E-state index in [9.17, 15) is 4.79 Å². The van der Waals surface area contributed by atoms with Crippen molar-refractivity contribution in [2.75, 3.05) is 5.32 Å². The first kappa shape index (κ1) is 21.7. The Morgan fingerprint density at radius 1 is 1.16 bits per heavy atom. The fourth-order valence-electron chi connectivity index (χ4n) is 3.00. The number of nitrogens with two attached hydrogens (primary N) is 1. The summed E-state index contributed by atoms with van der Waals surface area (Å²) in [4.78, 5) is 16.0. The van der Waals surface area contributed by atoms with Gasteiger partial charge >= 0.3 is 0 Å². The van der Waals surface area contributed by atoms with Crippen LogP contribution in [0.5, 0.6) is 0 Å². The van der Waals surface area contributed by atoms with E-state index in [0.717, 1.165) is 17.7 Å². The van der Waals surface area contributed by atoms with Gasteiger partial charge in [-0.2, -0.15) is 0 Å². The van der Waals surface area contributed by atoms with Crippen molar-refractivity contribution in [2.45, 2.75) is 70.9 Å². The van der Waals surface area contributed by atoms with Crippen LogP contribution in [0.15, 0.2) is 29.3 Å². The van der Waals surface area contributed by atoms with Crippen LogP contribution in [0, 0.1) is 0 Å². The SMILES string of the molecule is CCCC(=O)Nc1ccc(CN=C(N)NC2CCCCCC2)cc1.I. The summed E-state index contributed by atoms with van der Waals surface area (Å²) in [5.41, 5.74) is 7.92. The van der Waals surface area contributed by atoms with Gasteiger partial charge in [0.05, 0.1) is 6.54 Å². The topological polar surface area (TPSA) is 79.5 Å². The van der Waals surface area contributed by atoms with Gasteiger partial charge in [-0.25, -0.2) is 4.99 Å². The quantitative estimate of drug-likeness (QED) is 0.259. The van der Waals surface area contributed by atoms with E-state index in [-0.39, 0.29) is 29.9 Å². The molecule has 0 heterocycles. The average Bonchev–Trinajstić information content (AvgIpc) is 2.83. The maximum Gasteiger partial charge on any atom is 0.224 e. The highest BCUT2D eigenvalue weighted by Crippen LogP contribution is 2.17. The number of halogens is 1. The van der Waals surface area contributed by atoms with Crippen molar-refractivity contribution in [3.05, 3.63) is 29.8 Å². The van der Waals surface area contributed by atoms with E-state index in [1.54, 1.807) is 0 Å². The Morgan fingerprint density at radius 2 is 1.80 bits per heavy atom.